The van der Waals surface area contributed by atoms with Crippen molar-refractivity contribution in [1.82, 2.24) is 9.80 Å². The number of amides is 1. The molecule has 0 aromatic carbocycles. The molecular weight excluding hydrogens is 252 g/mol. The summed E-state index contributed by atoms with van der Waals surface area (Å²) in [7, 11) is 0. The molecule has 3 saturated heterocycles. The van der Waals surface area contributed by atoms with Crippen LogP contribution in [-0.4, -0.2) is 51.2 Å². The predicted molar refractivity (Wildman–Crippen MR) is 75.9 cm³/mol. The SMILES string of the molecule is CC1=CC2C(O)CCC3N4C(=O)CCCC4CC(C1)N23. The maximum atomic E-state index is 12.4. The molecule has 0 bridgehead atoms. The third-order valence-corrected chi connectivity index (χ3v) is 5.71. The molecule has 0 radical (unpaired) electrons. The lowest BCUT2D eigenvalue weighted by molar-refractivity contribution is -0.171. The molecule has 0 aliphatic carbocycles. The van der Waals surface area contributed by atoms with Crippen LogP contribution >= 0.6 is 0 Å². The van der Waals surface area contributed by atoms with E-state index < -0.39 is 0 Å². The molecule has 3 fully saturated rings. The van der Waals surface area contributed by atoms with Crippen LogP contribution in [0.1, 0.15) is 51.9 Å². The molecule has 4 aliphatic heterocycles. The Morgan fingerprint density at radius 2 is 2.10 bits per heavy atom. The van der Waals surface area contributed by atoms with E-state index in [1.807, 2.05) is 0 Å². The van der Waals surface area contributed by atoms with E-state index in [9.17, 15) is 9.90 Å². The van der Waals surface area contributed by atoms with Crippen LogP contribution in [0.5, 0.6) is 0 Å². The molecule has 0 spiro atoms. The van der Waals surface area contributed by atoms with E-state index in [2.05, 4.69) is 22.8 Å². The number of aliphatic hydroxyl groups is 1. The Kier molecular flexibility index (Phi) is 2.93. The number of carbonyl (C=O) groups excluding carboxylic acids is 1. The van der Waals surface area contributed by atoms with Crippen molar-refractivity contribution < 1.29 is 9.90 Å². The molecular formula is C16H24N2O2. The highest BCUT2D eigenvalue weighted by molar-refractivity contribution is 5.77. The van der Waals surface area contributed by atoms with Crippen LogP contribution < -0.4 is 0 Å². The number of aliphatic hydroxyl groups excluding tert-OH is 1. The minimum absolute atomic E-state index is 0.128. The number of hydrogen-bond acceptors (Lipinski definition) is 3. The minimum Gasteiger partial charge on any atom is -0.391 e. The molecule has 4 aliphatic rings. The van der Waals surface area contributed by atoms with Gasteiger partial charge in [0, 0.05) is 18.5 Å². The molecule has 1 N–H and O–H groups in total. The number of piperidine rings is 2. The van der Waals surface area contributed by atoms with Gasteiger partial charge in [-0.1, -0.05) is 11.6 Å². The Labute approximate surface area is 120 Å². The van der Waals surface area contributed by atoms with Crippen molar-refractivity contribution in [2.24, 2.45) is 0 Å². The highest BCUT2D eigenvalue weighted by Gasteiger charge is 2.51. The zero-order valence-electron chi connectivity index (χ0n) is 12.2. The van der Waals surface area contributed by atoms with E-state index in [-0.39, 0.29) is 18.3 Å². The molecule has 5 unspecified atom stereocenters. The summed E-state index contributed by atoms with van der Waals surface area (Å²) in [6.45, 7) is 2.19. The van der Waals surface area contributed by atoms with Crippen LogP contribution in [0.25, 0.3) is 0 Å². The Morgan fingerprint density at radius 1 is 1.25 bits per heavy atom. The lowest BCUT2D eigenvalue weighted by Crippen LogP contribution is -2.70. The van der Waals surface area contributed by atoms with Gasteiger partial charge in [-0.2, -0.15) is 0 Å². The zero-order valence-corrected chi connectivity index (χ0v) is 12.2. The summed E-state index contributed by atoms with van der Waals surface area (Å²) in [5.41, 5.74) is 1.41. The van der Waals surface area contributed by atoms with Gasteiger partial charge in [0.05, 0.1) is 18.3 Å². The van der Waals surface area contributed by atoms with E-state index in [1.165, 1.54) is 12.0 Å². The molecule has 0 aromatic rings. The Balaban J connectivity index is 1.72. The fourth-order valence-electron chi connectivity index (χ4n) is 4.96. The van der Waals surface area contributed by atoms with Crippen LogP contribution in [0.4, 0.5) is 0 Å². The largest absolute Gasteiger partial charge is 0.391 e. The maximum absolute atomic E-state index is 12.4. The second-order valence-corrected chi connectivity index (χ2v) is 7.02. The third kappa shape index (κ3) is 1.77. The van der Waals surface area contributed by atoms with Crippen LogP contribution in [0.2, 0.25) is 0 Å². The van der Waals surface area contributed by atoms with Crippen molar-refractivity contribution >= 4 is 5.91 Å². The summed E-state index contributed by atoms with van der Waals surface area (Å²) in [6.07, 6.45) is 9.11. The van der Waals surface area contributed by atoms with Crippen molar-refractivity contribution in [3.8, 4) is 0 Å². The molecule has 0 aromatic heterocycles. The molecule has 110 valence electrons. The standard InChI is InChI=1S/C16H24N2O2/c1-10-7-12-9-11-3-2-4-16(20)18(11)15-6-5-14(19)13(8-10)17(12)15/h8,11-15,19H,2-7,9H2,1H3. The van der Waals surface area contributed by atoms with Gasteiger partial charge >= 0.3 is 0 Å². The summed E-state index contributed by atoms with van der Waals surface area (Å²) < 4.78 is 0. The van der Waals surface area contributed by atoms with E-state index in [4.69, 9.17) is 0 Å². The normalized spacial score (nSPS) is 44.7. The van der Waals surface area contributed by atoms with Crippen LogP contribution in [0, 0.1) is 0 Å². The van der Waals surface area contributed by atoms with Crippen LogP contribution in [-0.2, 0) is 4.79 Å². The van der Waals surface area contributed by atoms with Gasteiger partial charge in [0.15, 0.2) is 0 Å². The van der Waals surface area contributed by atoms with Gasteiger partial charge in [-0.05, 0) is 45.4 Å². The quantitative estimate of drug-likeness (QED) is 0.684. The topological polar surface area (TPSA) is 43.8 Å². The van der Waals surface area contributed by atoms with Crippen molar-refractivity contribution in [3.05, 3.63) is 11.6 Å². The molecule has 5 atom stereocenters. The number of hydrogen-bond donors (Lipinski definition) is 1. The first-order valence-electron chi connectivity index (χ1n) is 8.09. The first kappa shape index (κ1) is 12.8. The molecule has 4 heterocycles. The maximum Gasteiger partial charge on any atom is 0.224 e. The van der Waals surface area contributed by atoms with Gasteiger partial charge in [0.25, 0.3) is 0 Å². The Morgan fingerprint density at radius 3 is 2.95 bits per heavy atom. The van der Waals surface area contributed by atoms with Gasteiger partial charge < -0.3 is 10.0 Å². The molecule has 0 saturated carbocycles. The van der Waals surface area contributed by atoms with Crippen molar-refractivity contribution in [1.29, 1.82) is 0 Å². The summed E-state index contributed by atoms with van der Waals surface area (Å²) in [5, 5.41) is 10.3. The Hall–Kier alpha value is -0.870. The summed E-state index contributed by atoms with van der Waals surface area (Å²) in [4.78, 5) is 17.0. The van der Waals surface area contributed by atoms with Crippen LogP contribution in [0.15, 0.2) is 11.6 Å². The molecule has 4 heteroatoms. The third-order valence-electron chi connectivity index (χ3n) is 5.71. The predicted octanol–water partition coefficient (Wildman–Crippen LogP) is 1.64. The minimum atomic E-state index is -0.263. The molecule has 20 heavy (non-hydrogen) atoms. The van der Waals surface area contributed by atoms with Crippen LogP contribution in [0.3, 0.4) is 0 Å². The van der Waals surface area contributed by atoms with Crippen molar-refractivity contribution in [2.45, 2.75) is 82.3 Å². The smallest absolute Gasteiger partial charge is 0.224 e. The molecule has 4 nitrogen and oxygen atoms in total. The first-order chi connectivity index (χ1) is 9.65. The van der Waals surface area contributed by atoms with Gasteiger partial charge in [-0.3, -0.25) is 9.69 Å². The molecule has 1 amide bonds. The fourth-order valence-corrected chi connectivity index (χ4v) is 4.96. The monoisotopic (exact) mass is 276 g/mol. The summed E-state index contributed by atoms with van der Waals surface area (Å²) >= 11 is 0. The number of fused-ring (bicyclic) bond motifs is 2. The number of carbonyl (C=O) groups is 1. The van der Waals surface area contributed by atoms with E-state index in [0.717, 1.165) is 32.1 Å². The average Bonchev–Trinajstić information content (AvgIpc) is 2.41. The summed E-state index contributed by atoms with van der Waals surface area (Å²) in [6, 6.07) is 1.10. The van der Waals surface area contributed by atoms with Gasteiger partial charge in [0.2, 0.25) is 5.91 Å². The van der Waals surface area contributed by atoms with E-state index in [0.29, 0.717) is 24.4 Å². The number of rotatable bonds is 0. The lowest BCUT2D eigenvalue weighted by atomic mass is 9.79. The number of nitrogens with zero attached hydrogens (tertiary/aromatic N) is 2. The second-order valence-electron chi connectivity index (χ2n) is 7.02. The highest BCUT2D eigenvalue weighted by Crippen LogP contribution is 2.43. The summed E-state index contributed by atoms with van der Waals surface area (Å²) in [5.74, 6) is 0.339. The van der Waals surface area contributed by atoms with Crippen molar-refractivity contribution in [2.75, 3.05) is 0 Å². The zero-order chi connectivity index (χ0) is 13.9. The second kappa shape index (κ2) is 4.57. The lowest BCUT2D eigenvalue weighted by Gasteiger charge is -2.60. The Bertz CT molecular complexity index is 461. The van der Waals surface area contributed by atoms with E-state index >= 15 is 0 Å². The average molecular weight is 276 g/mol. The van der Waals surface area contributed by atoms with Crippen molar-refractivity contribution in [3.63, 3.8) is 0 Å². The first-order valence-corrected chi connectivity index (χ1v) is 8.09. The highest BCUT2D eigenvalue weighted by atomic mass is 16.3. The van der Waals surface area contributed by atoms with Gasteiger partial charge in [0.1, 0.15) is 0 Å². The van der Waals surface area contributed by atoms with Gasteiger partial charge in [-0.15, -0.1) is 0 Å². The molecule has 4 rings (SSSR count). The van der Waals surface area contributed by atoms with Gasteiger partial charge in [-0.25, -0.2) is 0 Å². The van der Waals surface area contributed by atoms with E-state index in [1.54, 1.807) is 0 Å². The fraction of sp³-hybridized carbons (Fsp3) is 0.812.